The molecule has 1 aliphatic heterocycles. The molecule has 1 fully saturated rings. The fourth-order valence-electron chi connectivity index (χ4n) is 2.24. The summed E-state index contributed by atoms with van der Waals surface area (Å²) in [6.07, 6.45) is 0.522. The van der Waals surface area contributed by atoms with E-state index in [-0.39, 0.29) is 18.7 Å². The number of hydrogen-bond acceptors (Lipinski definition) is 3. The first kappa shape index (κ1) is 10.7. The van der Waals surface area contributed by atoms with Gasteiger partial charge < -0.3 is 14.8 Å². The van der Waals surface area contributed by atoms with Crippen LogP contribution in [-0.4, -0.2) is 23.8 Å². The quantitative estimate of drug-likeness (QED) is 0.695. The molecule has 1 unspecified atom stereocenters. The van der Waals surface area contributed by atoms with Crippen LogP contribution >= 0.6 is 0 Å². The molecule has 0 bridgehead atoms. The van der Waals surface area contributed by atoms with Crippen molar-refractivity contribution in [1.29, 1.82) is 0 Å². The van der Waals surface area contributed by atoms with Gasteiger partial charge in [-0.25, -0.2) is 0 Å². The molecule has 1 amide bonds. The van der Waals surface area contributed by atoms with Crippen LogP contribution in [0, 0.1) is 0 Å². The molecule has 0 spiro atoms. The van der Waals surface area contributed by atoms with Gasteiger partial charge in [-0.05, 0) is 12.0 Å². The zero-order valence-corrected chi connectivity index (χ0v) is 8.97. The van der Waals surface area contributed by atoms with E-state index >= 15 is 0 Å². The van der Waals surface area contributed by atoms with Crippen LogP contribution in [0.15, 0.2) is 30.3 Å². The minimum absolute atomic E-state index is 0.159. The summed E-state index contributed by atoms with van der Waals surface area (Å²) in [6.45, 7) is 0. The molecule has 1 heterocycles. The molecule has 1 saturated heterocycles. The van der Waals surface area contributed by atoms with Crippen LogP contribution in [0.5, 0.6) is 0 Å². The highest BCUT2D eigenvalue weighted by atomic mass is 16.4. The Kier molecular flexibility index (Phi) is 2.42. The summed E-state index contributed by atoms with van der Waals surface area (Å²) in [5.74, 6) is -1.37. The number of amides is 1. The van der Waals surface area contributed by atoms with Gasteiger partial charge in [-0.15, -0.1) is 0 Å². The molecule has 0 radical (unpaired) electrons. The third-order valence-electron chi connectivity index (χ3n) is 3.24. The van der Waals surface area contributed by atoms with E-state index in [1.165, 1.54) is 11.9 Å². The average molecular weight is 218 g/mol. The van der Waals surface area contributed by atoms with Crippen molar-refractivity contribution in [3.63, 3.8) is 0 Å². The number of carbonyl (C=O) groups excluding carboxylic acids is 2. The highest BCUT2D eigenvalue weighted by Crippen LogP contribution is 2.37. The molecule has 1 atom stereocenters. The fraction of sp³-hybridized carbons (Fsp3) is 0.333. The number of likely N-dealkylation sites (N-methyl/N-ethyl adjacent to an activating group) is 1. The van der Waals surface area contributed by atoms with E-state index in [9.17, 15) is 14.7 Å². The Morgan fingerprint density at radius 2 is 2.00 bits per heavy atom. The summed E-state index contributed by atoms with van der Waals surface area (Å²) in [4.78, 5) is 24.2. The van der Waals surface area contributed by atoms with E-state index in [0.717, 1.165) is 0 Å². The maximum absolute atomic E-state index is 11.5. The van der Waals surface area contributed by atoms with E-state index in [1.54, 1.807) is 24.3 Å². The Morgan fingerprint density at radius 1 is 1.38 bits per heavy atom. The van der Waals surface area contributed by atoms with Gasteiger partial charge in [0, 0.05) is 13.5 Å². The van der Waals surface area contributed by atoms with E-state index in [4.69, 9.17) is 0 Å². The number of hydrogen-bond donors (Lipinski definition) is 0. The van der Waals surface area contributed by atoms with E-state index in [1.807, 2.05) is 6.07 Å². The van der Waals surface area contributed by atoms with Crippen molar-refractivity contribution in [3.8, 4) is 0 Å². The largest absolute Gasteiger partial charge is 0.547 e. The molecule has 4 nitrogen and oxygen atoms in total. The zero-order valence-electron chi connectivity index (χ0n) is 8.97. The molecule has 1 aromatic carbocycles. The number of likely N-dealkylation sites (tertiary alicyclic amines) is 1. The smallest absolute Gasteiger partial charge is 0.223 e. The van der Waals surface area contributed by atoms with Crippen LogP contribution in [0.3, 0.4) is 0 Å². The molecule has 2 rings (SSSR count). The molecule has 1 aromatic rings. The normalized spacial score (nSPS) is 24.8. The number of nitrogens with zero attached hydrogens (tertiary/aromatic N) is 1. The van der Waals surface area contributed by atoms with Gasteiger partial charge >= 0.3 is 0 Å². The number of carboxylic acid groups (broad SMARTS) is 1. The van der Waals surface area contributed by atoms with Crippen LogP contribution in [0.25, 0.3) is 0 Å². The SMILES string of the molecule is CN1C(=O)CCC1(C(=O)[O-])c1ccccc1. The van der Waals surface area contributed by atoms with E-state index in [0.29, 0.717) is 5.56 Å². The summed E-state index contributed by atoms with van der Waals surface area (Å²) in [5.41, 5.74) is -0.693. The van der Waals surface area contributed by atoms with Gasteiger partial charge in [0.25, 0.3) is 0 Å². The van der Waals surface area contributed by atoms with Crippen LogP contribution in [0.2, 0.25) is 0 Å². The van der Waals surface area contributed by atoms with Crippen LogP contribution in [0.1, 0.15) is 18.4 Å². The van der Waals surface area contributed by atoms with Gasteiger partial charge in [-0.3, -0.25) is 4.79 Å². The molecule has 16 heavy (non-hydrogen) atoms. The van der Waals surface area contributed by atoms with E-state index in [2.05, 4.69) is 0 Å². The van der Waals surface area contributed by atoms with Crippen LogP contribution in [0.4, 0.5) is 0 Å². The zero-order chi connectivity index (χ0) is 11.8. The Morgan fingerprint density at radius 3 is 2.44 bits per heavy atom. The molecule has 4 heteroatoms. The maximum atomic E-state index is 11.5. The second-order valence-electron chi connectivity index (χ2n) is 3.97. The first-order valence-electron chi connectivity index (χ1n) is 5.12. The predicted molar refractivity (Wildman–Crippen MR) is 55.1 cm³/mol. The third-order valence-corrected chi connectivity index (χ3v) is 3.24. The minimum Gasteiger partial charge on any atom is -0.547 e. The predicted octanol–water partition coefficient (Wildman–Crippen LogP) is -0.116. The number of carbonyl (C=O) groups is 2. The molecule has 84 valence electrons. The van der Waals surface area contributed by atoms with Crippen molar-refractivity contribution in [2.45, 2.75) is 18.4 Å². The third kappa shape index (κ3) is 1.30. The van der Waals surface area contributed by atoms with Crippen LogP contribution < -0.4 is 5.11 Å². The molecule has 0 N–H and O–H groups in total. The summed E-state index contributed by atoms with van der Waals surface area (Å²) in [7, 11) is 1.51. The van der Waals surface area contributed by atoms with Gasteiger partial charge in [0.15, 0.2) is 0 Å². The van der Waals surface area contributed by atoms with Gasteiger partial charge in [-0.1, -0.05) is 30.3 Å². The Labute approximate surface area is 93.5 Å². The lowest BCUT2D eigenvalue weighted by molar-refractivity contribution is -0.318. The van der Waals surface area contributed by atoms with Crippen molar-refractivity contribution >= 4 is 11.9 Å². The summed E-state index contributed by atoms with van der Waals surface area (Å²) >= 11 is 0. The van der Waals surface area contributed by atoms with Gasteiger partial charge in [0.1, 0.15) is 5.54 Å². The molecule has 0 aliphatic carbocycles. The number of benzene rings is 1. The summed E-state index contributed by atoms with van der Waals surface area (Å²) in [5, 5.41) is 11.4. The lowest BCUT2D eigenvalue weighted by atomic mass is 9.87. The van der Waals surface area contributed by atoms with Crippen molar-refractivity contribution in [1.82, 2.24) is 4.90 Å². The summed E-state index contributed by atoms with van der Waals surface area (Å²) in [6, 6.07) is 8.76. The topological polar surface area (TPSA) is 60.4 Å². The molecular formula is C12H12NO3-. The van der Waals surface area contributed by atoms with Gasteiger partial charge in [0.2, 0.25) is 5.91 Å². The first-order valence-corrected chi connectivity index (χ1v) is 5.12. The minimum atomic E-state index is -1.29. The Balaban J connectivity index is 2.54. The second kappa shape index (κ2) is 3.63. The second-order valence-corrected chi connectivity index (χ2v) is 3.97. The summed E-state index contributed by atoms with van der Waals surface area (Å²) < 4.78 is 0. The monoisotopic (exact) mass is 218 g/mol. The molecule has 1 aliphatic rings. The van der Waals surface area contributed by atoms with Gasteiger partial charge in [-0.2, -0.15) is 0 Å². The number of carboxylic acids is 1. The van der Waals surface area contributed by atoms with Crippen molar-refractivity contribution in [2.75, 3.05) is 7.05 Å². The van der Waals surface area contributed by atoms with Crippen LogP contribution in [-0.2, 0) is 15.1 Å². The standard InChI is InChI=1S/C12H13NO3/c1-13-10(14)7-8-12(13,11(15)16)9-5-3-2-4-6-9/h2-6H,7-8H2,1H3,(H,15,16)/p-1. The maximum Gasteiger partial charge on any atom is 0.223 e. The van der Waals surface area contributed by atoms with E-state index < -0.39 is 11.5 Å². The number of rotatable bonds is 2. The van der Waals surface area contributed by atoms with Crippen molar-refractivity contribution in [2.24, 2.45) is 0 Å². The lowest BCUT2D eigenvalue weighted by Crippen LogP contribution is -2.53. The van der Waals surface area contributed by atoms with Crippen molar-refractivity contribution in [3.05, 3.63) is 35.9 Å². The average Bonchev–Trinajstić information content (AvgIpc) is 2.59. The lowest BCUT2D eigenvalue weighted by Gasteiger charge is -2.37. The van der Waals surface area contributed by atoms with Crippen molar-refractivity contribution < 1.29 is 14.7 Å². The number of aliphatic carboxylic acids is 1. The van der Waals surface area contributed by atoms with Gasteiger partial charge in [0.05, 0.1) is 5.97 Å². The highest BCUT2D eigenvalue weighted by Gasteiger charge is 2.45. The highest BCUT2D eigenvalue weighted by molar-refractivity contribution is 5.90. The molecule has 0 aromatic heterocycles. The Bertz CT molecular complexity index is 429. The first-order chi connectivity index (χ1) is 7.59. The molecule has 0 saturated carbocycles. The Hall–Kier alpha value is -1.84. The molecular weight excluding hydrogens is 206 g/mol. The fourth-order valence-corrected chi connectivity index (χ4v) is 2.24.